The summed E-state index contributed by atoms with van der Waals surface area (Å²) in [5.41, 5.74) is 0.730. The standard InChI is InChI=1S/C15H13ClFNO3/c16-13-6-11(17)4-3-10(13)9-21-12-7-18(8-12)15(19)14-2-1-5-20-14/h1-6,12H,7-9H2. The first-order valence-electron chi connectivity index (χ1n) is 6.52. The zero-order chi connectivity index (χ0) is 14.8. The molecule has 1 amide bonds. The van der Waals surface area contributed by atoms with E-state index in [1.54, 1.807) is 23.1 Å². The van der Waals surface area contributed by atoms with E-state index >= 15 is 0 Å². The molecule has 1 saturated heterocycles. The lowest BCUT2D eigenvalue weighted by atomic mass is 10.1. The highest BCUT2D eigenvalue weighted by molar-refractivity contribution is 6.31. The lowest BCUT2D eigenvalue weighted by Crippen LogP contribution is -2.54. The van der Waals surface area contributed by atoms with Crippen LogP contribution in [0.15, 0.2) is 41.0 Å². The molecule has 1 aromatic carbocycles. The average Bonchev–Trinajstić information content (AvgIpc) is 2.92. The van der Waals surface area contributed by atoms with Gasteiger partial charge in [-0.3, -0.25) is 4.79 Å². The summed E-state index contributed by atoms with van der Waals surface area (Å²) in [7, 11) is 0. The van der Waals surface area contributed by atoms with Crippen LogP contribution in [0, 0.1) is 5.82 Å². The van der Waals surface area contributed by atoms with Gasteiger partial charge in [-0.2, -0.15) is 0 Å². The largest absolute Gasteiger partial charge is 0.459 e. The van der Waals surface area contributed by atoms with Gasteiger partial charge in [0.05, 0.1) is 19.0 Å². The van der Waals surface area contributed by atoms with Crippen molar-refractivity contribution in [3.05, 3.63) is 58.8 Å². The van der Waals surface area contributed by atoms with Gasteiger partial charge in [0.1, 0.15) is 5.82 Å². The quantitative estimate of drug-likeness (QED) is 0.871. The van der Waals surface area contributed by atoms with Crippen molar-refractivity contribution in [2.24, 2.45) is 0 Å². The van der Waals surface area contributed by atoms with Crippen LogP contribution in [0.3, 0.4) is 0 Å². The molecular formula is C15H13ClFNO3. The summed E-state index contributed by atoms with van der Waals surface area (Å²) in [6, 6.07) is 7.51. The molecule has 0 saturated carbocycles. The van der Waals surface area contributed by atoms with E-state index in [2.05, 4.69) is 0 Å². The molecule has 6 heteroatoms. The fraction of sp³-hybridized carbons (Fsp3) is 0.267. The van der Waals surface area contributed by atoms with Crippen molar-refractivity contribution in [2.45, 2.75) is 12.7 Å². The number of ether oxygens (including phenoxy) is 1. The Morgan fingerprint density at radius 3 is 2.90 bits per heavy atom. The van der Waals surface area contributed by atoms with Gasteiger partial charge in [-0.15, -0.1) is 0 Å². The third-order valence-corrected chi connectivity index (χ3v) is 3.71. The first kappa shape index (κ1) is 14.1. The SMILES string of the molecule is O=C(c1ccco1)N1CC(OCc2ccc(F)cc2Cl)C1. The molecule has 1 aliphatic rings. The molecule has 21 heavy (non-hydrogen) atoms. The zero-order valence-corrected chi connectivity index (χ0v) is 11.8. The topological polar surface area (TPSA) is 42.7 Å². The van der Waals surface area contributed by atoms with E-state index in [1.807, 2.05) is 0 Å². The molecule has 4 nitrogen and oxygen atoms in total. The molecule has 3 rings (SSSR count). The minimum Gasteiger partial charge on any atom is -0.459 e. The second kappa shape index (κ2) is 5.87. The van der Waals surface area contributed by atoms with Crippen LogP contribution in [0.4, 0.5) is 4.39 Å². The van der Waals surface area contributed by atoms with E-state index in [0.29, 0.717) is 30.5 Å². The van der Waals surface area contributed by atoms with Crippen LogP contribution < -0.4 is 0 Å². The Morgan fingerprint density at radius 2 is 2.24 bits per heavy atom. The number of benzene rings is 1. The zero-order valence-electron chi connectivity index (χ0n) is 11.1. The fourth-order valence-corrected chi connectivity index (χ4v) is 2.33. The number of carbonyl (C=O) groups excluding carboxylic acids is 1. The Morgan fingerprint density at radius 1 is 1.43 bits per heavy atom. The van der Waals surface area contributed by atoms with Crippen LogP contribution in [0.1, 0.15) is 16.1 Å². The number of furan rings is 1. The van der Waals surface area contributed by atoms with Crippen molar-refractivity contribution < 1.29 is 18.3 Å². The highest BCUT2D eigenvalue weighted by Gasteiger charge is 2.33. The number of hydrogen-bond donors (Lipinski definition) is 0. The summed E-state index contributed by atoms with van der Waals surface area (Å²) in [6.07, 6.45) is 1.43. The molecule has 1 aliphatic heterocycles. The minimum atomic E-state index is -0.373. The van der Waals surface area contributed by atoms with Gasteiger partial charge in [0.2, 0.25) is 0 Å². The predicted octanol–water partition coefficient (Wildman–Crippen LogP) is 3.11. The summed E-state index contributed by atoms with van der Waals surface area (Å²) in [5, 5.41) is 0.345. The van der Waals surface area contributed by atoms with Gasteiger partial charge >= 0.3 is 0 Å². The van der Waals surface area contributed by atoms with E-state index < -0.39 is 0 Å². The number of likely N-dealkylation sites (tertiary alicyclic amines) is 1. The van der Waals surface area contributed by atoms with E-state index in [-0.39, 0.29) is 17.8 Å². The molecule has 0 N–H and O–H groups in total. The number of rotatable bonds is 4. The molecule has 0 aliphatic carbocycles. The van der Waals surface area contributed by atoms with Crippen LogP contribution in [-0.4, -0.2) is 30.0 Å². The second-order valence-electron chi connectivity index (χ2n) is 4.86. The van der Waals surface area contributed by atoms with Crippen molar-refractivity contribution in [1.82, 2.24) is 4.90 Å². The van der Waals surface area contributed by atoms with Crippen molar-refractivity contribution in [2.75, 3.05) is 13.1 Å². The van der Waals surface area contributed by atoms with Gasteiger partial charge in [0.15, 0.2) is 5.76 Å². The maximum absolute atomic E-state index is 12.9. The third kappa shape index (κ3) is 3.09. The number of carbonyl (C=O) groups is 1. The maximum Gasteiger partial charge on any atom is 0.289 e. The highest BCUT2D eigenvalue weighted by Crippen LogP contribution is 2.21. The molecule has 2 aromatic rings. The molecule has 0 spiro atoms. The summed E-state index contributed by atoms with van der Waals surface area (Å²) >= 11 is 5.92. The number of halogens is 2. The summed E-state index contributed by atoms with van der Waals surface area (Å²) in [4.78, 5) is 13.6. The van der Waals surface area contributed by atoms with Crippen LogP contribution in [0.25, 0.3) is 0 Å². The first-order valence-corrected chi connectivity index (χ1v) is 6.89. The molecule has 0 unspecified atom stereocenters. The first-order chi connectivity index (χ1) is 10.1. The fourth-order valence-electron chi connectivity index (χ4n) is 2.11. The van der Waals surface area contributed by atoms with Crippen LogP contribution in [0.5, 0.6) is 0 Å². The number of nitrogens with zero attached hydrogens (tertiary/aromatic N) is 1. The van der Waals surface area contributed by atoms with Crippen molar-refractivity contribution in [3.63, 3.8) is 0 Å². The summed E-state index contributed by atoms with van der Waals surface area (Å²) in [5.74, 6) is -0.183. The molecule has 1 aromatic heterocycles. The Labute approximate surface area is 126 Å². The van der Waals surface area contributed by atoms with Crippen LogP contribution >= 0.6 is 11.6 Å². The van der Waals surface area contributed by atoms with Gasteiger partial charge in [-0.05, 0) is 29.8 Å². The van der Waals surface area contributed by atoms with E-state index in [4.69, 9.17) is 20.8 Å². The number of amides is 1. The summed E-state index contributed by atoms with van der Waals surface area (Å²) in [6.45, 7) is 1.32. The Bertz CT molecular complexity index is 638. The molecule has 0 bridgehead atoms. The predicted molar refractivity (Wildman–Crippen MR) is 74.6 cm³/mol. The monoisotopic (exact) mass is 309 g/mol. The number of hydrogen-bond acceptors (Lipinski definition) is 3. The Balaban J connectivity index is 1.48. The molecule has 0 radical (unpaired) electrons. The molecule has 1 fully saturated rings. The normalized spacial score (nSPS) is 15.0. The second-order valence-corrected chi connectivity index (χ2v) is 5.26. The lowest BCUT2D eigenvalue weighted by Gasteiger charge is -2.38. The van der Waals surface area contributed by atoms with Crippen LogP contribution in [0.2, 0.25) is 5.02 Å². The van der Waals surface area contributed by atoms with Crippen molar-refractivity contribution in [1.29, 1.82) is 0 Å². The highest BCUT2D eigenvalue weighted by atomic mass is 35.5. The Kier molecular flexibility index (Phi) is 3.94. The van der Waals surface area contributed by atoms with E-state index in [1.165, 1.54) is 18.4 Å². The molecule has 110 valence electrons. The third-order valence-electron chi connectivity index (χ3n) is 3.36. The van der Waals surface area contributed by atoms with Crippen molar-refractivity contribution >= 4 is 17.5 Å². The molecule has 2 heterocycles. The molecule has 0 atom stereocenters. The smallest absolute Gasteiger partial charge is 0.289 e. The lowest BCUT2D eigenvalue weighted by molar-refractivity contribution is -0.0511. The van der Waals surface area contributed by atoms with Crippen LogP contribution in [-0.2, 0) is 11.3 Å². The van der Waals surface area contributed by atoms with Crippen molar-refractivity contribution in [3.8, 4) is 0 Å². The van der Waals surface area contributed by atoms with Gasteiger partial charge in [0, 0.05) is 18.1 Å². The van der Waals surface area contributed by atoms with Gasteiger partial charge in [-0.25, -0.2) is 4.39 Å². The van der Waals surface area contributed by atoms with E-state index in [9.17, 15) is 9.18 Å². The maximum atomic E-state index is 12.9. The van der Waals surface area contributed by atoms with Gasteiger partial charge < -0.3 is 14.1 Å². The summed E-state index contributed by atoms with van der Waals surface area (Å²) < 4.78 is 23.6. The minimum absolute atomic E-state index is 0.0370. The van der Waals surface area contributed by atoms with E-state index in [0.717, 1.165) is 5.56 Å². The van der Waals surface area contributed by atoms with Gasteiger partial charge in [0.25, 0.3) is 5.91 Å². The molecular weight excluding hydrogens is 297 g/mol. The average molecular weight is 310 g/mol. The Hall–Kier alpha value is -1.85. The van der Waals surface area contributed by atoms with Gasteiger partial charge in [-0.1, -0.05) is 17.7 Å².